The fourth-order valence-electron chi connectivity index (χ4n) is 2.36. The third-order valence-corrected chi connectivity index (χ3v) is 5.24. The fourth-order valence-corrected chi connectivity index (χ4v) is 3.70. The monoisotopic (exact) mass is 390 g/mol. The molecule has 3 rings (SSSR count). The van der Waals surface area contributed by atoms with Crippen molar-refractivity contribution in [1.82, 2.24) is 0 Å². The summed E-state index contributed by atoms with van der Waals surface area (Å²) < 4.78 is 65.3. The Balaban J connectivity index is 1.95. The summed E-state index contributed by atoms with van der Waals surface area (Å²) in [7, 11) is -4.18. The number of fused-ring (bicyclic) bond motifs is 1. The molecule has 0 aliphatic carbocycles. The number of hydrogen-bond donors (Lipinski definition) is 2. The summed E-state index contributed by atoms with van der Waals surface area (Å²) >= 11 is 5.80. The fraction of sp³-hybridized carbons (Fsp3) is 0.133. The zero-order valence-corrected chi connectivity index (χ0v) is 13.9. The second kappa shape index (κ2) is 5.92. The molecule has 1 amide bonds. The first kappa shape index (κ1) is 17.6. The van der Waals surface area contributed by atoms with E-state index >= 15 is 0 Å². The maximum absolute atomic E-state index is 12.8. The SMILES string of the molecule is O=C1Cc2cc(S(=O)(=O)Nc3cc(C(F)(F)F)ccc3Cl)ccc2N1. The van der Waals surface area contributed by atoms with Gasteiger partial charge in [0.15, 0.2) is 0 Å². The Hall–Kier alpha value is -2.26. The Labute approximate surface area is 145 Å². The Kier molecular flexibility index (Phi) is 4.16. The van der Waals surface area contributed by atoms with Gasteiger partial charge in [-0.1, -0.05) is 11.6 Å². The van der Waals surface area contributed by atoms with Crippen LogP contribution in [0.15, 0.2) is 41.3 Å². The largest absolute Gasteiger partial charge is 0.416 e. The molecule has 132 valence electrons. The number of sulfonamides is 1. The summed E-state index contributed by atoms with van der Waals surface area (Å²) in [5.41, 5.74) is -0.423. The van der Waals surface area contributed by atoms with Gasteiger partial charge in [0.25, 0.3) is 10.0 Å². The molecule has 0 radical (unpaired) electrons. The molecule has 0 saturated carbocycles. The van der Waals surface area contributed by atoms with Crippen LogP contribution in [0.2, 0.25) is 5.02 Å². The highest BCUT2D eigenvalue weighted by Crippen LogP contribution is 2.35. The van der Waals surface area contributed by atoms with E-state index in [0.29, 0.717) is 17.3 Å². The predicted octanol–water partition coefficient (Wildman–Crippen LogP) is 3.65. The van der Waals surface area contributed by atoms with E-state index in [1.165, 1.54) is 18.2 Å². The molecule has 2 aromatic rings. The van der Waals surface area contributed by atoms with Crippen LogP contribution < -0.4 is 10.0 Å². The second-order valence-electron chi connectivity index (χ2n) is 5.34. The summed E-state index contributed by atoms with van der Waals surface area (Å²) in [6, 6.07) is 6.30. The maximum Gasteiger partial charge on any atom is 0.416 e. The van der Waals surface area contributed by atoms with Gasteiger partial charge in [0.2, 0.25) is 5.91 Å². The Morgan fingerprint density at radius 1 is 1.12 bits per heavy atom. The lowest BCUT2D eigenvalue weighted by Crippen LogP contribution is -2.14. The van der Waals surface area contributed by atoms with Gasteiger partial charge < -0.3 is 5.32 Å². The molecule has 0 atom stereocenters. The normalized spacial score (nSPS) is 14.2. The number of halogens is 4. The zero-order valence-electron chi connectivity index (χ0n) is 12.3. The number of anilines is 2. The first-order chi connectivity index (χ1) is 11.6. The highest BCUT2D eigenvalue weighted by Gasteiger charge is 2.31. The van der Waals surface area contributed by atoms with Gasteiger partial charge in [-0.25, -0.2) is 8.42 Å². The van der Waals surface area contributed by atoms with E-state index in [1.807, 2.05) is 0 Å². The van der Waals surface area contributed by atoms with E-state index in [9.17, 15) is 26.4 Å². The first-order valence-electron chi connectivity index (χ1n) is 6.88. The molecule has 0 unspecified atom stereocenters. The van der Waals surface area contributed by atoms with Crippen LogP contribution in [0.25, 0.3) is 0 Å². The molecule has 0 bridgehead atoms. The van der Waals surface area contributed by atoms with Gasteiger partial charge in [-0.15, -0.1) is 0 Å². The molecule has 0 fully saturated rings. The van der Waals surface area contributed by atoms with Crippen molar-refractivity contribution >= 4 is 38.9 Å². The molecular weight excluding hydrogens is 381 g/mol. The molecule has 0 spiro atoms. The number of alkyl halides is 3. The van der Waals surface area contributed by atoms with Crippen molar-refractivity contribution < 1.29 is 26.4 Å². The third-order valence-electron chi connectivity index (χ3n) is 3.55. The smallest absolute Gasteiger partial charge is 0.326 e. The predicted molar refractivity (Wildman–Crippen MR) is 86.0 cm³/mol. The molecule has 0 saturated heterocycles. The van der Waals surface area contributed by atoms with Crippen LogP contribution in [0.5, 0.6) is 0 Å². The van der Waals surface area contributed by atoms with Crippen LogP contribution >= 0.6 is 11.6 Å². The van der Waals surface area contributed by atoms with Crippen LogP contribution in [0.1, 0.15) is 11.1 Å². The van der Waals surface area contributed by atoms with Crippen LogP contribution in [0.3, 0.4) is 0 Å². The minimum atomic E-state index is -4.63. The maximum atomic E-state index is 12.8. The lowest BCUT2D eigenvalue weighted by Gasteiger charge is -2.13. The Bertz CT molecular complexity index is 974. The highest BCUT2D eigenvalue weighted by atomic mass is 35.5. The van der Waals surface area contributed by atoms with Crippen LogP contribution in [0.4, 0.5) is 24.5 Å². The van der Waals surface area contributed by atoms with E-state index in [1.54, 1.807) is 0 Å². The summed E-state index contributed by atoms with van der Waals surface area (Å²) in [4.78, 5) is 11.1. The van der Waals surface area contributed by atoms with Crippen molar-refractivity contribution in [3.05, 3.63) is 52.5 Å². The summed E-state index contributed by atoms with van der Waals surface area (Å²) in [6.07, 6.45) is -4.60. The molecule has 1 aliphatic heterocycles. The zero-order chi connectivity index (χ0) is 18.4. The topological polar surface area (TPSA) is 75.3 Å². The number of nitrogens with one attached hydrogen (secondary N) is 2. The van der Waals surface area contributed by atoms with Crippen LogP contribution in [-0.2, 0) is 27.4 Å². The standard InChI is InChI=1S/C15H10ClF3N2O3S/c16-11-3-1-9(15(17,18)19)7-13(11)21-25(23,24)10-2-4-12-8(5-10)6-14(22)20-12/h1-5,7,21H,6H2,(H,20,22). The lowest BCUT2D eigenvalue weighted by molar-refractivity contribution is -0.137. The molecule has 1 heterocycles. The highest BCUT2D eigenvalue weighted by molar-refractivity contribution is 7.92. The molecule has 0 aromatic heterocycles. The number of amides is 1. The van der Waals surface area contributed by atoms with Gasteiger partial charge in [0, 0.05) is 5.69 Å². The van der Waals surface area contributed by atoms with E-state index < -0.39 is 21.8 Å². The van der Waals surface area contributed by atoms with Crippen molar-refractivity contribution in [2.24, 2.45) is 0 Å². The van der Waals surface area contributed by atoms with Crippen molar-refractivity contribution in [3.8, 4) is 0 Å². The second-order valence-corrected chi connectivity index (χ2v) is 7.43. The van der Waals surface area contributed by atoms with Gasteiger partial charge in [-0.2, -0.15) is 13.2 Å². The number of carbonyl (C=O) groups is 1. The van der Waals surface area contributed by atoms with Gasteiger partial charge in [-0.3, -0.25) is 9.52 Å². The lowest BCUT2D eigenvalue weighted by atomic mass is 10.2. The molecule has 1 aliphatic rings. The average Bonchev–Trinajstić information content (AvgIpc) is 2.87. The third kappa shape index (κ3) is 3.57. The summed E-state index contributed by atoms with van der Waals surface area (Å²) in [5, 5.41) is 2.39. The number of rotatable bonds is 3. The van der Waals surface area contributed by atoms with Crippen molar-refractivity contribution in [1.29, 1.82) is 0 Å². The van der Waals surface area contributed by atoms with Crippen molar-refractivity contribution in [2.75, 3.05) is 10.0 Å². The Morgan fingerprint density at radius 3 is 2.52 bits per heavy atom. The minimum Gasteiger partial charge on any atom is -0.326 e. The van der Waals surface area contributed by atoms with E-state index in [0.717, 1.165) is 12.1 Å². The van der Waals surface area contributed by atoms with Gasteiger partial charge in [0.1, 0.15) is 0 Å². The molecular formula is C15H10ClF3N2O3S. The molecule has 10 heteroatoms. The summed E-state index contributed by atoms with van der Waals surface area (Å²) in [5.74, 6) is -0.265. The number of benzene rings is 2. The molecule has 2 aromatic carbocycles. The minimum absolute atomic E-state index is 0.0308. The van der Waals surface area contributed by atoms with Crippen LogP contribution in [0, 0.1) is 0 Å². The van der Waals surface area contributed by atoms with E-state index in [4.69, 9.17) is 11.6 Å². The average molecular weight is 391 g/mol. The molecule has 5 nitrogen and oxygen atoms in total. The van der Waals surface area contributed by atoms with Crippen LogP contribution in [-0.4, -0.2) is 14.3 Å². The van der Waals surface area contributed by atoms with Gasteiger partial charge in [0.05, 0.1) is 27.6 Å². The van der Waals surface area contributed by atoms with E-state index in [-0.39, 0.29) is 27.9 Å². The quantitative estimate of drug-likeness (QED) is 0.840. The van der Waals surface area contributed by atoms with Crippen molar-refractivity contribution in [3.63, 3.8) is 0 Å². The number of carbonyl (C=O) groups excluding carboxylic acids is 1. The number of hydrogen-bond acceptors (Lipinski definition) is 3. The van der Waals surface area contributed by atoms with Gasteiger partial charge >= 0.3 is 6.18 Å². The first-order valence-corrected chi connectivity index (χ1v) is 8.75. The molecule has 25 heavy (non-hydrogen) atoms. The van der Waals surface area contributed by atoms with Gasteiger partial charge in [-0.05, 0) is 42.0 Å². The molecule has 2 N–H and O–H groups in total. The van der Waals surface area contributed by atoms with Crippen molar-refractivity contribution in [2.45, 2.75) is 17.5 Å². The van der Waals surface area contributed by atoms with E-state index in [2.05, 4.69) is 10.0 Å². The summed E-state index contributed by atoms with van der Waals surface area (Å²) in [6.45, 7) is 0. The Morgan fingerprint density at radius 2 is 1.84 bits per heavy atom.